The third kappa shape index (κ3) is 8.27. The van der Waals surface area contributed by atoms with E-state index in [-0.39, 0.29) is 5.91 Å². The fourth-order valence-corrected chi connectivity index (χ4v) is 3.16. The molecule has 3 aromatic rings. The quantitative estimate of drug-likeness (QED) is 0.408. The molecule has 4 N–H and O–H groups in total. The molecule has 2 aromatic carbocycles. The lowest BCUT2D eigenvalue weighted by molar-refractivity contribution is -0.159. The molecule has 0 atom stereocenters. The van der Waals surface area contributed by atoms with E-state index in [1.807, 2.05) is 73.8 Å². The number of hydrogen-bond donors (Lipinski definition) is 4. The predicted molar refractivity (Wildman–Crippen MR) is 121 cm³/mol. The van der Waals surface area contributed by atoms with E-state index in [0.717, 1.165) is 27.8 Å². The van der Waals surface area contributed by atoms with Crippen LogP contribution in [0, 0.1) is 5.92 Å². The summed E-state index contributed by atoms with van der Waals surface area (Å²) in [5.41, 5.74) is 3.78. The zero-order chi connectivity index (χ0) is 22.8. The van der Waals surface area contributed by atoms with Crippen LogP contribution in [0.1, 0.15) is 20.3 Å². The second-order valence-corrected chi connectivity index (χ2v) is 7.72. The maximum absolute atomic E-state index is 11.8. The van der Waals surface area contributed by atoms with Crippen molar-refractivity contribution >= 4 is 45.7 Å². The number of carboxylic acid groups (broad SMARTS) is 2. The summed E-state index contributed by atoms with van der Waals surface area (Å²) in [6.45, 7) is 4.07. The summed E-state index contributed by atoms with van der Waals surface area (Å²) in [4.78, 5) is 34.6. The van der Waals surface area contributed by atoms with Gasteiger partial charge in [-0.1, -0.05) is 44.2 Å². The number of nitrogens with zero attached hydrogens (tertiary/aromatic N) is 1. The molecule has 0 saturated carbocycles. The van der Waals surface area contributed by atoms with Crippen molar-refractivity contribution < 1.29 is 24.6 Å². The maximum atomic E-state index is 11.8. The minimum atomic E-state index is -1.82. The average Bonchev–Trinajstić information content (AvgIpc) is 3.17. The molecule has 0 radical (unpaired) electrons. The molecular formula is C22H23N3O5S. The van der Waals surface area contributed by atoms with E-state index in [9.17, 15) is 4.79 Å². The Morgan fingerprint density at radius 1 is 0.935 bits per heavy atom. The van der Waals surface area contributed by atoms with Crippen LogP contribution in [0.3, 0.4) is 0 Å². The van der Waals surface area contributed by atoms with Crippen LogP contribution in [0.25, 0.3) is 11.3 Å². The molecule has 0 fully saturated rings. The van der Waals surface area contributed by atoms with Crippen LogP contribution in [0.15, 0.2) is 60.0 Å². The number of para-hydroxylation sites is 1. The lowest BCUT2D eigenvalue weighted by Crippen LogP contribution is -2.13. The van der Waals surface area contributed by atoms with E-state index in [0.29, 0.717) is 12.3 Å². The summed E-state index contributed by atoms with van der Waals surface area (Å²) in [5, 5.41) is 23.9. The Morgan fingerprint density at radius 3 is 2.10 bits per heavy atom. The molecule has 8 nitrogen and oxygen atoms in total. The van der Waals surface area contributed by atoms with E-state index < -0.39 is 11.9 Å². The van der Waals surface area contributed by atoms with Gasteiger partial charge in [0.1, 0.15) is 0 Å². The van der Waals surface area contributed by atoms with Gasteiger partial charge in [-0.25, -0.2) is 14.6 Å². The number of nitrogens with one attached hydrogen (secondary N) is 2. The van der Waals surface area contributed by atoms with Crippen molar-refractivity contribution in [3.05, 3.63) is 60.0 Å². The number of anilines is 3. The number of rotatable bonds is 6. The zero-order valence-corrected chi connectivity index (χ0v) is 17.8. The minimum Gasteiger partial charge on any atom is -0.473 e. The van der Waals surface area contributed by atoms with E-state index in [1.54, 1.807) is 11.3 Å². The number of carbonyl (C=O) groups is 3. The number of hydrogen-bond acceptors (Lipinski definition) is 6. The standard InChI is InChI=1S/C20H21N3OS.C2H2O4/c1-14(2)12-19(24)21-17-10-8-15(9-11-17)18-13-25-20(23-18)22-16-6-4-3-5-7-16;3-1(4)2(5)6/h3-11,13-14H,12H2,1-2H3,(H,21,24)(H,22,23);(H,3,4)(H,5,6). The van der Waals surface area contributed by atoms with Crippen molar-refractivity contribution in [3.8, 4) is 11.3 Å². The lowest BCUT2D eigenvalue weighted by Gasteiger charge is -2.07. The fourth-order valence-electron chi connectivity index (χ4n) is 2.42. The number of carboxylic acids is 2. The van der Waals surface area contributed by atoms with Gasteiger partial charge in [0.25, 0.3) is 0 Å². The number of thiazole rings is 1. The first kappa shape index (κ1) is 23.6. The fraction of sp³-hybridized carbons (Fsp3) is 0.182. The Labute approximate surface area is 183 Å². The van der Waals surface area contributed by atoms with Gasteiger partial charge < -0.3 is 20.8 Å². The van der Waals surface area contributed by atoms with Gasteiger partial charge in [0, 0.05) is 28.7 Å². The van der Waals surface area contributed by atoms with Gasteiger partial charge in [-0.05, 0) is 30.2 Å². The highest BCUT2D eigenvalue weighted by Gasteiger charge is 2.08. The SMILES string of the molecule is CC(C)CC(=O)Nc1ccc(-c2csc(Nc3ccccc3)n2)cc1.O=C(O)C(=O)O. The first-order valence-electron chi connectivity index (χ1n) is 9.38. The summed E-state index contributed by atoms with van der Waals surface area (Å²) >= 11 is 1.57. The predicted octanol–water partition coefficient (Wildman–Crippen LogP) is 4.69. The normalized spacial score (nSPS) is 10.0. The Kier molecular flexibility index (Phi) is 8.71. The number of benzene rings is 2. The van der Waals surface area contributed by atoms with Gasteiger partial charge in [-0.15, -0.1) is 11.3 Å². The van der Waals surface area contributed by atoms with Crippen molar-refractivity contribution in [3.63, 3.8) is 0 Å². The first-order valence-corrected chi connectivity index (χ1v) is 10.3. The topological polar surface area (TPSA) is 129 Å². The molecule has 1 amide bonds. The van der Waals surface area contributed by atoms with Crippen molar-refractivity contribution in [1.82, 2.24) is 4.98 Å². The van der Waals surface area contributed by atoms with E-state index in [4.69, 9.17) is 19.8 Å². The summed E-state index contributed by atoms with van der Waals surface area (Å²) in [6.07, 6.45) is 0.530. The van der Waals surface area contributed by atoms with Crippen molar-refractivity contribution in [2.75, 3.05) is 10.6 Å². The molecule has 0 aliphatic carbocycles. The third-order valence-corrected chi connectivity index (χ3v) is 4.53. The second-order valence-electron chi connectivity index (χ2n) is 6.86. The summed E-state index contributed by atoms with van der Waals surface area (Å²) in [5.74, 6) is -3.25. The zero-order valence-electron chi connectivity index (χ0n) is 17.0. The van der Waals surface area contributed by atoms with Gasteiger partial charge in [-0.3, -0.25) is 4.79 Å². The highest BCUT2D eigenvalue weighted by atomic mass is 32.1. The van der Waals surface area contributed by atoms with Crippen LogP contribution >= 0.6 is 11.3 Å². The molecule has 162 valence electrons. The number of carbonyl (C=O) groups excluding carboxylic acids is 1. The van der Waals surface area contributed by atoms with E-state index >= 15 is 0 Å². The minimum absolute atomic E-state index is 0.0470. The highest BCUT2D eigenvalue weighted by Crippen LogP contribution is 2.28. The van der Waals surface area contributed by atoms with Gasteiger partial charge in [0.2, 0.25) is 5.91 Å². The lowest BCUT2D eigenvalue weighted by atomic mass is 10.1. The molecule has 31 heavy (non-hydrogen) atoms. The second kappa shape index (κ2) is 11.5. The van der Waals surface area contributed by atoms with Crippen LogP contribution in [-0.2, 0) is 14.4 Å². The van der Waals surface area contributed by atoms with Gasteiger partial charge >= 0.3 is 11.9 Å². The summed E-state index contributed by atoms with van der Waals surface area (Å²) in [6, 6.07) is 17.8. The van der Waals surface area contributed by atoms with E-state index in [2.05, 4.69) is 15.6 Å². The van der Waals surface area contributed by atoms with Crippen molar-refractivity contribution in [2.45, 2.75) is 20.3 Å². The Balaban J connectivity index is 0.000000501. The Bertz CT molecular complexity index is 1010. The first-order chi connectivity index (χ1) is 14.7. The maximum Gasteiger partial charge on any atom is 0.414 e. The molecule has 3 rings (SSSR count). The molecule has 0 aliphatic heterocycles. The van der Waals surface area contributed by atoms with E-state index in [1.165, 1.54) is 0 Å². The highest BCUT2D eigenvalue weighted by molar-refractivity contribution is 7.14. The van der Waals surface area contributed by atoms with Gasteiger partial charge in [0.15, 0.2) is 5.13 Å². The van der Waals surface area contributed by atoms with Crippen LogP contribution in [0.4, 0.5) is 16.5 Å². The summed E-state index contributed by atoms with van der Waals surface area (Å²) in [7, 11) is 0. The smallest absolute Gasteiger partial charge is 0.414 e. The molecule has 0 aliphatic rings. The largest absolute Gasteiger partial charge is 0.473 e. The molecule has 0 bridgehead atoms. The Hall–Kier alpha value is -3.72. The number of aliphatic carboxylic acids is 2. The molecule has 0 spiro atoms. The molecule has 1 aromatic heterocycles. The monoisotopic (exact) mass is 441 g/mol. The molecular weight excluding hydrogens is 418 g/mol. The van der Waals surface area contributed by atoms with Gasteiger partial charge in [-0.2, -0.15) is 0 Å². The van der Waals surface area contributed by atoms with Crippen LogP contribution in [0.2, 0.25) is 0 Å². The van der Waals surface area contributed by atoms with Crippen LogP contribution in [-0.4, -0.2) is 33.0 Å². The molecule has 0 unspecified atom stereocenters. The van der Waals surface area contributed by atoms with Crippen LogP contribution in [0.5, 0.6) is 0 Å². The van der Waals surface area contributed by atoms with Gasteiger partial charge in [0.05, 0.1) is 5.69 Å². The van der Waals surface area contributed by atoms with Crippen molar-refractivity contribution in [2.24, 2.45) is 5.92 Å². The Morgan fingerprint density at radius 2 is 1.55 bits per heavy atom. The van der Waals surface area contributed by atoms with Crippen LogP contribution < -0.4 is 10.6 Å². The molecule has 0 saturated heterocycles. The average molecular weight is 442 g/mol. The van der Waals surface area contributed by atoms with Crippen molar-refractivity contribution in [1.29, 1.82) is 0 Å². The molecule has 1 heterocycles. The number of amides is 1. The molecule has 9 heteroatoms. The third-order valence-electron chi connectivity index (χ3n) is 3.77. The summed E-state index contributed by atoms with van der Waals surface area (Å²) < 4.78 is 0. The number of aromatic nitrogens is 1.